The summed E-state index contributed by atoms with van der Waals surface area (Å²) in [4.78, 5) is 0. The Labute approximate surface area is 77.2 Å². The van der Waals surface area contributed by atoms with E-state index < -0.39 is 0 Å². The maximum atomic E-state index is 12.4. The molecule has 0 atom stereocenters. The Morgan fingerprint density at radius 3 is 2.08 bits per heavy atom. The van der Waals surface area contributed by atoms with E-state index in [1.807, 2.05) is 0 Å². The van der Waals surface area contributed by atoms with Crippen LogP contribution in [-0.4, -0.2) is 13.8 Å². The Morgan fingerprint density at radius 1 is 1.31 bits per heavy atom. The molecule has 6 N–H and O–H groups in total. The van der Waals surface area contributed by atoms with Crippen molar-refractivity contribution in [1.29, 1.82) is 5.41 Å². The zero-order valence-corrected chi connectivity index (χ0v) is 7.55. The SMILES string of the molecule is C=N.CN.NNc1ccccc1F. The van der Waals surface area contributed by atoms with Gasteiger partial charge >= 0.3 is 0 Å². The van der Waals surface area contributed by atoms with Gasteiger partial charge in [0.05, 0.1) is 5.69 Å². The highest BCUT2D eigenvalue weighted by Crippen LogP contribution is 2.09. The topological polar surface area (TPSA) is 87.9 Å². The number of nitrogens with one attached hydrogen (secondary N) is 2. The highest BCUT2D eigenvalue weighted by Gasteiger charge is 1.93. The summed E-state index contributed by atoms with van der Waals surface area (Å²) in [6.45, 7) is 2.50. The molecule has 74 valence electrons. The largest absolute Gasteiger partial charge is 0.333 e. The first kappa shape index (κ1) is 14.1. The fourth-order valence-electron chi connectivity index (χ4n) is 0.578. The van der Waals surface area contributed by atoms with Crippen LogP contribution in [0.3, 0.4) is 0 Å². The average Bonchev–Trinajstić information content (AvgIpc) is 2.24. The van der Waals surface area contributed by atoms with Crippen molar-refractivity contribution >= 4 is 12.4 Å². The van der Waals surface area contributed by atoms with Crippen LogP contribution in [-0.2, 0) is 0 Å². The van der Waals surface area contributed by atoms with Crippen LogP contribution < -0.4 is 17.0 Å². The lowest BCUT2D eigenvalue weighted by Gasteiger charge is -1.97. The number of anilines is 1. The zero-order chi connectivity index (χ0) is 10.7. The minimum Gasteiger partial charge on any atom is -0.333 e. The summed E-state index contributed by atoms with van der Waals surface area (Å²) in [5.74, 6) is 4.63. The molecule has 1 aromatic carbocycles. The first-order chi connectivity index (χ1) is 6.34. The molecule has 0 fully saturated rings. The molecule has 0 amide bonds. The van der Waals surface area contributed by atoms with Gasteiger partial charge in [-0.3, -0.25) is 5.84 Å². The third-order valence-electron chi connectivity index (χ3n) is 1.03. The molecule has 0 aromatic heterocycles. The monoisotopic (exact) mass is 186 g/mol. The summed E-state index contributed by atoms with van der Waals surface area (Å²) in [6.07, 6.45) is 0. The third-order valence-corrected chi connectivity index (χ3v) is 1.03. The first-order valence-corrected chi connectivity index (χ1v) is 3.49. The van der Waals surface area contributed by atoms with E-state index in [0.717, 1.165) is 0 Å². The Kier molecular flexibility index (Phi) is 11.4. The van der Waals surface area contributed by atoms with Gasteiger partial charge in [-0.25, -0.2) is 4.39 Å². The predicted molar refractivity (Wildman–Crippen MR) is 54.2 cm³/mol. The van der Waals surface area contributed by atoms with Crippen LogP contribution in [0.1, 0.15) is 0 Å². The molecule has 0 spiro atoms. The molecule has 5 heteroatoms. The smallest absolute Gasteiger partial charge is 0.147 e. The molecule has 4 nitrogen and oxygen atoms in total. The summed E-state index contributed by atoms with van der Waals surface area (Å²) in [5.41, 5.74) is 7.04. The van der Waals surface area contributed by atoms with E-state index in [2.05, 4.69) is 17.9 Å². The van der Waals surface area contributed by atoms with Crippen LogP contribution in [0.2, 0.25) is 0 Å². The molecule has 13 heavy (non-hydrogen) atoms. The van der Waals surface area contributed by atoms with Crippen LogP contribution >= 0.6 is 0 Å². The second-order valence-electron chi connectivity index (χ2n) is 1.62. The number of halogens is 1. The molecule has 0 aliphatic heterocycles. The maximum Gasteiger partial charge on any atom is 0.147 e. The summed E-state index contributed by atoms with van der Waals surface area (Å²) >= 11 is 0. The van der Waals surface area contributed by atoms with E-state index >= 15 is 0 Å². The Morgan fingerprint density at radius 2 is 1.77 bits per heavy atom. The van der Waals surface area contributed by atoms with Gasteiger partial charge in [-0.2, -0.15) is 0 Å². The summed E-state index contributed by atoms with van der Waals surface area (Å²) in [6, 6.07) is 6.22. The van der Waals surface area contributed by atoms with Gasteiger partial charge in [0.2, 0.25) is 0 Å². The standard InChI is InChI=1S/C6H7FN2.CH5N.CH3N/c7-5-3-1-2-4-6(5)9-8;2*1-2/h1-4,9H,8H2;2H2,1H3;2H,1H2. The number of nitrogens with two attached hydrogens (primary N) is 2. The maximum absolute atomic E-state index is 12.4. The summed E-state index contributed by atoms with van der Waals surface area (Å²) < 4.78 is 12.4. The highest BCUT2D eigenvalue weighted by molar-refractivity contribution is 5.42. The number of hydrogen-bond donors (Lipinski definition) is 4. The first-order valence-electron chi connectivity index (χ1n) is 3.49. The predicted octanol–water partition coefficient (Wildman–Crippen LogP) is 0.952. The van der Waals surface area contributed by atoms with Gasteiger partial charge in [0.25, 0.3) is 0 Å². The zero-order valence-electron chi connectivity index (χ0n) is 7.55. The fraction of sp³-hybridized carbons (Fsp3) is 0.125. The van der Waals surface area contributed by atoms with Gasteiger partial charge in [-0.1, -0.05) is 12.1 Å². The molecular formula is C8H15FN4. The van der Waals surface area contributed by atoms with Gasteiger partial charge in [0.1, 0.15) is 5.82 Å². The molecule has 0 aliphatic rings. The van der Waals surface area contributed by atoms with E-state index in [-0.39, 0.29) is 5.82 Å². The molecule has 0 unspecified atom stereocenters. The lowest BCUT2D eigenvalue weighted by Crippen LogP contribution is -2.07. The van der Waals surface area contributed by atoms with Crippen molar-refractivity contribution in [3.05, 3.63) is 30.1 Å². The van der Waals surface area contributed by atoms with E-state index in [9.17, 15) is 4.39 Å². The molecule has 1 aromatic rings. The second kappa shape index (κ2) is 10.5. The van der Waals surface area contributed by atoms with Gasteiger partial charge in [-0.15, -0.1) is 0 Å². The van der Waals surface area contributed by atoms with Crippen molar-refractivity contribution in [2.24, 2.45) is 11.6 Å². The minimum absolute atomic E-state index is 0.317. The average molecular weight is 186 g/mol. The lowest BCUT2D eigenvalue weighted by molar-refractivity contribution is 0.630. The Hall–Kier alpha value is -1.46. The number of benzene rings is 1. The highest BCUT2D eigenvalue weighted by atomic mass is 19.1. The number of rotatable bonds is 1. The van der Waals surface area contributed by atoms with Crippen molar-refractivity contribution in [3.8, 4) is 0 Å². The van der Waals surface area contributed by atoms with Crippen LogP contribution in [0, 0.1) is 11.2 Å². The van der Waals surface area contributed by atoms with Gasteiger partial charge in [0, 0.05) is 0 Å². The number of hydrogen-bond acceptors (Lipinski definition) is 4. The van der Waals surface area contributed by atoms with E-state index in [1.54, 1.807) is 18.2 Å². The summed E-state index contributed by atoms with van der Waals surface area (Å²) in [7, 11) is 1.50. The molecule has 0 radical (unpaired) electrons. The lowest BCUT2D eigenvalue weighted by atomic mass is 10.3. The van der Waals surface area contributed by atoms with Crippen molar-refractivity contribution < 1.29 is 4.39 Å². The molecular weight excluding hydrogens is 171 g/mol. The Bertz CT molecular complexity index is 217. The number of para-hydroxylation sites is 1. The summed E-state index contributed by atoms with van der Waals surface area (Å²) in [5, 5.41) is 5.50. The quantitative estimate of drug-likeness (QED) is 0.299. The second-order valence-corrected chi connectivity index (χ2v) is 1.62. The third kappa shape index (κ3) is 5.77. The van der Waals surface area contributed by atoms with E-state index in [1.165, 1.54) is 13.1 Å². The van der Waals surface area contributed by atoms with Crippen molar-refractivity contribution in [2.45, 2.75) is 0 Å². The van der Waals surface area contributed by atoms with Crippen LogP contribution in [0.25, 0.3) is 0 Å². The van der Waals surface area contributed by atoms with Crippen molar-refractivity contribution in [3.63, 3.8) is 0 Å². The van der Waals surface area contributed by atoms with E-state index in [4.69, 9.17) is 11.3 Å². The minimum atomic E-state index is -0.333. The van der Waals surface area contributed by atoms with Gasteiger partial charge in [-0.05, 0) is 25.9 Å². The Balaban J connectivity index is 0. The number of hydrazine groups is 1. The van der Waals surface area contributed by atoms with Crippen molar-refractivity contribution in [2.75, 3.05) is 12.5 Å². The van der Waals surface area contributed by atoms with Crippen LogP contribution in [0.5, 0.6) is 0 Å². The molecule has 0 heterocycles. The van der Waals surface area contributed by atoms with Gasteiger partial charge in [0.15, 0.2) is 0 Å². The molecule has 0 aliphatic carbocycles. The fourth-order valence-corrected chi connectivity index (χ4v) is 0.578. The normalized spacial score (nSPS) is 7.08. The molecule has 1 rings (SSSR count). The molecule has 0 saturated heterocycles. The van der Waals surface area contributed by atoms with E-state index in [0.29, 0.717) is 5.69 Å². The van der Waals surface area contributed by atoms with Crippen LogP contribution in [0.15, 0.2) is 24.3 Å². The molecule has 0 saturated carbocycles. The van der Waals surface area contributed by atoms with Crippen LogP contribution in [0.4, 0.5) is 10.1 Å². The van der Waals surface area contributed by atoms with Gasteiger partial charge < -0.3 is 16.6 Å². The molecule has 0 bridgehead atoms. The number of nitrogen functional groups attached to an aromatic ring is 1. The van der Waals surface area contributed by atoms with Crippen molar-refractivity contribution in [1.82, 2.24) is 0 Å².